The minimum atomic E-state index is 0.664. The summed E-state index contributed by atoms with van der Waals surface area (Å²) >= 11 is 0. The Morgan fingerprint density at radius 1 is 1.13 bits per heavy atom. The standard InChI is InChI=1S/C20H17N3/c1-15-11-18(12-19(13-21)17-7-4-3-5-8-17)16(2)23(15)20-9-6-10-22-14-20/h3-12,14H,1-2H3/b19-12+. The first-order chi connectivity index (χ1) is 11.2. The summed E-state index contributed by atoms with van der Waals surface area (Å²) in [5, 5.41) is 9.49. The molecule has 2 aromatic heterocycles. The third-order valence-electron chi connectivity index (χ3n) is 3.88. The zero-order chi connectivity index (χ0) is 16.2. The number of rotatable bonds is 3. The van der Waals surface area contributed by atoms with Crippen LogP contribution in [-0.4, -0.2) is 9.55 Å². The normalized spacial score (nSPS) is 11.3. The van der Waals surface area contributed by atoms with Crippen LogP contribution in [0.25, 0.3) is 17.3 Å². The van der Waals surface area contributed by atoms with Crippen LogP contribution in [0.3, 0.4) is 0 Å². The van der Waals surface area contributed by atoms with Gasteiger partial charge in [0.2, 0.25) is 0 Å². The molecule has 0 amide bonds. The van der Waals surface area contributed by atoms with E-state index in [2.05, 4.69) is 35.5 Å². The predicted octanol–water partition coefficient (Wildman–Crippen LogP) is 4.55. The lowest BCUT2D eigenvalue weighted by Gasteiger charge is -2.08. The van der Waals surface area contributed by atoms with E-state index < -0.39 is 0 Å². The van der Waals surface area contributed by atoms with Crippen molar-refractivity contribution in [3.05, 3.63) is 83.4 Å². The summed E-state index contributed by atoms with van der Waals surface area (Å²) in [6.07, 6.45) is 5.56. The first-order valence-electron chi connectivity index (χ1n) is 7.47. The average molecular weight is 299 g/mol. The van der Waals surface area contributed by atoms with Gasteiger partial charge in [-0.2, -0.15) is 5.26 Å². The van der Waals surface area contributed by atoms with Crippen LogP contribution in [-0.2, 0) is 0 Å². The molecule has 0 unspecified atom stereocenters. The van der Waals surface area contributed by atoms with Crippen molar-refractivity contribution in [3.63, 3.8) is 0 Å². The number of pyridine rings is 1. The van der Waals surface area contributed by atoms with E-state index in [0.29, 0.717) is 5.57 Å². The molecular weight excluding hydrogens is 282 g/mol. The molecule has 0 aliphatic rings. The molecule has 1 aromatic carbocycles. The predicted molar refractivity (Wildman–Crippen MR) is 93.0 cm³/mol. The molecule has 0 spiro atoms. The maximum absolute atomic E-state index is 9.49. The monoisotopic (exact) mass is 299 g/mol. The summed E-state index contributed by atoms with van der Waals surface area (Å²) in [4.78, 5) is 4.19. The first-order valence-corrected chi connectivity index (χ1v) is 7.47. The molecule has 112 valence electrons. The molecule has 3 nitrogen and oxygen atoms in total. The summed E-state index contributed by atoms with van der Waals surface area (Å²) in [5.74, 6) is 0. The molecular formula is C20H17N3. The molecule has 0 saturated heterocycles. The lowest BCUT2D eigenvalue weighted by atomic mass is 10.0. The van der Waals surface area contributed by atoms with Crippen molar-refractivity contribution in [3.8, 4) is 11.8 Å². The van der Waals surface area contributed by atoms with Gasteiger partial charge in [0, 0.05) is 17.6 Å². The molecule has 0 aliphatic carbocycles. The van der Waals surface area contributed by atoms with Gasteiger partial charge >= 0.3 is 0 Å². The first kappa shape index (κ1) is 14.8. The fourth-order valence-corrected chi connectivity index (χ4v) is 2.77. The minimum Gasteiger partial charge on any atom is -0.316 e. The number of allylic oxidation sites excluding steroid dienone is 1. The van der Waals surface area contributed by atoms with Gasteiger partial charge in [0.1, 0.15) is 0 Å². The largest absolute Gasteiger partial charge is 0.316 e. The topological polar surface area (TPSA) is 41.6 Å². The van der Waals surface area contributed by atoms with Crippen LogP contribution in [0.1, 0.15) is 22.5 Å². The molecule has 3 aromatic rings. The zero-order valence-corrected chi connectivity index (χ0v) is 13.2. The fourth-order valence-electron chi connectivity index (χ4n) is 2.77. The Bertz CT molecular complexity index is 882. The highest BCUT2D eigenvalue weighted by molar-refractivity contribution is 5.90. The lowest BCUT2D eigenvalue weighted by molar-refractivity contribution is 0.954. The van der Waals surface area contributed by atoms with Crippen molar-refractivity contribution in [2.45, 2.75) is 13.8 Å². The van der Waals surface area contributed by atoms with E-state index in [1.165, 1.54) is 0 Å². The molecule has 0 fully saturated rings. The fraction of sp³-hybridized carbons (Fsp3) is 0.100. The average Bonchev–Trinajstić information content (AvgIpc) is 2.88. The van der Waals surface area contributed by atoms with Crippen LogP contribution in [0.15, 0.2) is 60.9 Å². The van der Waals surface area contributed by atoms with E-state index in [9.17, 15) is 5.26 Å². The van der Waals surface area contributed by atoms with Gasteiger partial charge in [-0.25, -0.2) is 0 Å². The van der Waals surface area contributed by atoms with Crippen molar-refractivity contribution >= 4 is 11.6 Å². The smallest absolute Gasteiger partial charge is 0.0998 e. The second kappa shape index (κ2) is 6.33. The van der Waals surface area contributed by atoms with Gasteiger partial charge < -0.3 is 4.57 Å². The van der Waals surface area contributed by atoms with Crippen LogP contribution in [0.5, 0.6) is 0 Å². The van der Waals surface area contributed by atoms with Gasteiger partial charge in [0.25, 0.3) is 0 Å². The van der Waals surface area contributed by atoms with E-state index in [1.807, 2.05) is 54.7 Å². The minimum absolute atomic E-state index is 0.664. The Morgan fingerprint density at radius 2 is 1.91 bits per heavy atom. The lowest BCUT2D eigenvalue weighted by Crippen LogP contribution is -1.99. The van der Waals surface area contributed by atoms with E-state index in [4.69, 9.17) is 0 Å². The highest BCUT2D eigenvalue weighted by Crippen LogP contribution is 2.24. The van der Waals surface area contributed by atoms with Crippen LogP contribution in [0.2, 0.25) is 0 Å². The van der Waals surface area contributed by atoms with Crippen molar-refractivity contribution in [2.24, 2.45) is 0 Å². The van der Waals surface area contributed by atoms with E-state index in [1.54, 1.807) is 6.20 Å². The SMILES string of the molecule is Cc1cc(/C=C(\C#N)c2ccccc2)c(C)n1-c1cccnc1. The van der Waals surface area contributed by atoms with Crippen molar-refractivity contribution < 1.29 is 0 Å². The quantitative estimate of drug-likeness (QED) is 0.666. The van der Waals surface area contributed by atoms with Gasteiger partial charge in [-0.05, 0) is 49.2 Å². The molecule has 0 N–H and O–H groups in total. The van der Waals surface area contributed by atoms with Gasteiger partial charge in [0.05, 0.1) is 23.5 Å². The number of benzene rings is 1. The molecule has 0 atom stereocenters. The third-order valence-corrected chi connectivity index (χ3v) is 3.88. The molecule has 0 bridgehead atoms. The van der Waals surface area contributed by atoms with E-state index in [-0.39, 0.29) is 0 Å². The molecule has 0 saturated carbocycles. The van der Waals surface area contributed by atoms with Crippen molar-refractivity contribution in [1.29, 1.82) is 5.26 Å². The maximum atomic E-state index is 9.49. The van der Waals surface area contributed by atoms with Gasteiger partial charge in [0.15, 0.2) is 0 Å². The highest BCUT2D eigenvalue weighted by atomic mass is 15.0. The van der Waals surface area contributed by atoms with Crippen LogP contribution in [0, 0.1) is 25.2 Å². The molecule has 3 rings (SSSR count). The number of nitriles is 1. The number of aryl methyl sites for hydroxylation is 1. The van der Waals surface area contributed by atoms with Crippen molar-refractivity contribution in [2.75, 3.05) is 0 Å². The third kappa shape index (κ3) is 2.93. The Morgan fingerprint density at radius 3 is 2.57 bits per heavy atom. The Kier molecular flexibility index (Phi) is 4.07. The molecule has 0 aliphatic heterocycles. The maximum Gasteiger partial charge on any atom is 0.0998 e. The second-order valence-electron chi connectivity index (χ2n) is 5.41. The molecule has 0 radical (unpaired) electrons. The second-order valence-corrected chi connectivity index (χ2v) is 5.41. The van der Waals surface area contributed by atoms with Crippen LogP contribution >= 0.6 is 0 Å². The molecule has 2 heterocycles. The summed E-state index contributed by atoms with van der Waals surface area (Å²) in [6, 6.07) is 18.1. The molecule has 3 heteroatoms. The summed E-state index contributed by atoms with van der Waals surface area (Å²) in [5.41, 5.74) is 5.89. The van der Waals surface area contributed by atoms with Gasteiger partial charge in [-0.1, -0.05) is 30.3 Å². The van der Waals surface area contributed by atoms with Gasteiger partial charge in [-0.15, -0.1) is 0 Å². The van der Waals surface area contributed by atoms with E-state index >= 15 is 0 Å². The number of hydrogen-bond donors (Lipinski definition) is 0. The van der Waals surface area contributed by atoms with Crippen LogP contribution in [0.4, 0.5) is 0 Å². The summed E-state index contributed by atoms with van der Waals surface area (Å²) < 4.78 is 2.15. The number of nitrogens with zero attached hydrogens (tertiary/aromatic N) is 3. The summed E-state index contributed by atoms with van der Waals surface area (Å²) in [6.45, 7) is 4.12. The van der Waals surface area contributed by atoms with Crippen molar-refractivity contribution in [1.82, 2.24) is 9.55 Å². The number of aromatic nitrogens is 2. The Labute approximate surface area is 136 Å². The zero-order valence-electron chi connectivity index (χ0n) is 13.2. The van der Waals surface area contributed by atoms with Gasteiger partial charge in [-0.3, -0.25) is 4.98 Å². The molecule has 23 heavy (non-hydrogen) atoms. The Hall–Kier alpha value is -3.12. The Balaban J connectivity index is 2.09. The van der Waals surface area contributed by atoms with E-state index in [0.717, 1.165) is 28.2 Å². The highest BCUT2D eigenvalue weighted by Gasteiger charge is 2.10. The van der Waals surface area contributed by atoms with Crippen LogP contribution < -0.4 is 0 Å². The summed E-state index contributed by atoms with van der Waals surface area (Å²) in [7, 11) is 0. The number of hydrogen-bond acceptors (Lipinski definition) is 2.